The van der Waals surface area contributed by atoms with Gasteiger partial charge in [0.15, 0.2) is 0 Å². The second-order valence-corrected chi connectivity index (χ2v) is 6.11. The third-order valence-corrected chi connectivity index (χ3v) is 4.37. The molecular weight excluding hydrogens is 268 g/mol. The van der Waals surface area contributed by atoms with Crippen molar-refractivity contribution >= 4 is 11.3 Å². The Balaban J connectivity index is 1.67. The molecule has 1 atom stereocenters. The summed E-state index contributed by atoms with van der Waals surface area (Å²) in [6.07, 6.45) is 0.996. The fourth-order valence-electron chi connectivity index (χ4n) is 2.14. The van der Waals surface area contributed by atoms with Gasteiger partial charge in [-0.3, -0.25) is 0 Å². The number of rotatable bonds is 7. The van der Waals surface area contributed by atoms with Gasteiger partial charge in [-0.1, -0.05) is 18.2 Å². The lowest BCUT2D eigenvalue weighted by molar-refractivity contribution is 0.306. The van der Waals surface area contributed by atoms with Crippen LogP contribution in [0.25, 0.3) is 0 Å². The molecule has 0 spiro atoms. The lowest BCUT2D eigenvalue weighted by atomic mass is 10.2. The van der Waals surface area contributed by atoms with E-state index < -0.39 is 0 Å². The Morgan fingerprint density at radius 1 is 1.25 bits per heavy atom. The first-order chi connectivity index (χ1) is 9.66. The molecule has 0 saturated heterocycles. The summed E-state index contributed by atoms with van der Waals surface area (Å²) < 4.78 is 5.67. The largest absolute Gasteiger partial charge is 0.494 e. The number of aromatic nitrogens is 1. The van der Waals surface area contributed by atoms with Gasteiger partial charge in [0.1, 0.15) is 5.75 Å². The van der Waals surface area contributed by atoms with E-state index in [9.17, 15) is 0 Å². The van der Waals surface area contributed by atoms with Crippen molar-refractivity contribution in [3.05, 3.63) is 45.9 Å². The zero-order valence-corrected chi connectivity index (χ0v) is 13.2. The van der Waals surface area contributed by atoms with Gasteiger partial charge in [0, 0.05) is 10.9 Å². The number of nitrogens with one attached hydrogen (secondary N) is 1. The number of aryl methyl sites for hydroxylation is 2. The Hall–Kier alpha value is -1.39. The Morgan fingerprint density at radius 2 is 2.00 bits per heavy atom. The molecule has 2 aromatic rings. The third-order valence-electron chi connectivity index (χ3n) is 3.12. The first-order valence-corrected chi connectivity index (χ1v) is 7.83. The number of para-hydroxylation sites is 1. The highest BCUT2D eigenvalue weighted by molar-refractivity contribution is 7.11. The Kier molecular flexibility index (Phi) is 5.56. The summed E-state index contributed by atoms with van der Waals surface area (Å²) in [5, 5.41) is 4.67. The van der Waals surface area contributed by atoms with E-state index in [1.54, 1.807) is 11.3 Å². The third kappa shape index (κ3) is 4.32. The summed E-state index contributed by atoms with van der Waals surface area (Å²) in [7, 11) is 0. The fourth-order valence-corrected chi connectivity index (χ4v) is 3.09. The van der Waals surface area contributed by atoms with Crippen molar-refractivity contribution in [3.8, 4) is 5.75 Å². The molecule has 3 nitrogen and oxygen atoms in total. The lowest BCUT2D eigenvalue weighted by Crippen LogP contribution is -2.21. The first kappa shape index (κ1) is 15.0. The topological polar surface area (TPSA) is 34.2 Å². The van der Waals surface area contributed by atoms with E-state index in [0.29, 0.717) is 6.04 Å². The number of benzene rings is 1. The number of ether oxygens (including phenoxy) is 1. The summed E-state index contributed by atoms with van der Waals surface area (Å²) >= 11 is 1.78. The van der Waals surface area contributed by atoms with Gasteiger partial charge in [-0.15, -0.1) is 11.3 Å². The van der Waals surface area contributed by atoms with Crippen LogP contribution in [0, 0.1) is 13.8 Å². The van der Waals surface area contributed by atoms with Crippen LogP contribution in [-0.4, -0.2) is 18.1 Å². The van der Waals surface area contributed by atoms with Gasteiger partial charge in [0.25, 0.3) is 0 Å². The van der Waals surface area contributed by atoms with E-state index in [0.717, 1.165) is 36.0 Å². The average molecular weight is 290 g/mol. The van der Waals surface area contributed by atoms with E-state index in [4.69, 9.17) is 4.74 Å². The van der Waals surface area contributed by atoms with Crippen molar-refractivity contribution in [1.29, 1.82) is 0 Å². The summed E-state index contributed by atoms with van der Waals surface area (Å²) in [4.78, 5) is 5.81. The molecule has 1 N–H and O–H groups in total. The van der Waals surface area contributed by atoms with Crippen LogP contribution in [-0.2, 0) is 0 Å². The predicted molar refractivity (Wildman–Crippen MR) is 84.6 cm³/mol. The van der Waals surface area contributed by atoms with E-state index in [2.05, 4.69) is 31.1 Å². The monoisotopic (exact) mass is 290 g/mol. The van der Waals surface area contributed by atoms with E-state index in [-0.39, 0.29) is 0 Å². The minimum Gasteiger partial charge on any atom is -0.494 e. The molecule has 0 aliphatic carbocycles. The quantitative estimate of drug-likeness (QED) is 0.786. The van der Waals surface area contributed by atoms with Crippen molar-refractivity contribution in [2.24, 2.45) is 0 Å². The molecule has 1 aromatic carbocycles. The average Bonchev–Trinajstić information content (AvgIpc) is 2.78. The Morgan fingerprint density at radius 3 is 2.65 bits per heavy atom. The molecule has 20 heavy (non-hydrogen) atoms. The van der Waals surface area contributed by atoms with Crippen LogP contribution in [0.3, 0.4) is 0 Å². The van der Waals surface area contributed by atoms with Gasteiger partial charge in [0.2, 0.25) is 0 Å². The van der Waals surface area contributed by atoms with Crippen LogP contribution >= 0.6 is 11.3 Å². The number of hydrogen-bond acceptors (Lipinski definition) is 4. The smallest absolute Gasteiger partial charge is 0.119 e. The lowest BCUT2D eigenvalue weighted by Gasteiger charge is -2.13. The molecule has 0 bridgehead atoms. The van der Waals surface area contributed by atoms with Crippen LogP contribution < -0.4 is 10.1 Å². The van der Waals surface area contributed by atoms with Crippen molar-refractivity contribution in [2.45, 2.75) is 33.2 Å². The highest BCUT2D eigenvalue weighted by atomic mass is 32.1. The highest BCUT2D eigenvalue weighted by Crippen LogP contribution is 2.24. The van der Waals surface area contributed by atoms with Crippen LogP contribution in [0.2, 0.25) is 0 Å². The van der Waals surface area contributed by atoms with Crippen LogP contribution in [0.5, 0.6) is 5.75 Å². The zero-order chi connectivity index (χ0) is 14.4. The molecule has 0 fully saturated rings. The maximum Gasteiger partial charge on any atom is 0.119 e. The molecule has 0 saturated carbocycles. The zero-order valence-electron chi connectivity index (χ0n) is 12.3. The summed E-state index contributed by atoms with van der Waals surface area (Å²) in [6.45, 7) is 8.02. The Bertz CT molecular complexity index is 525. The fraction of sp³-hybridized carbons (Fsp3) is 0.438. The van der Waals surface area contributed by atoms with E-state index in [1.165, 1.54) is 4.88 Å². The van der Waals surface area contributed by atoms with E-state index >= 15 is 0 Å². The molecule has 4 heteroatoms. The van der Waals surface area contributed by atoms with Crippen LogP contribution in [0.15, 0.2) is 30.3 Å². The minimum atomic E-state index is 0.359. The molecule has 108 valence electrons. The van der Waals surface area contributed by atoms with Crippen LogP contribution in [0.4, 0.5) is 0 Å². The first-order valence-electron chi connectivity index (χ1n) is 7.02. The summed E-state index contributed by atoms with van der Waals surface area (Å²) in [6, 6.07) is 10.3. The molecule has 1 aromatic heterocycles. The maximum atomic E-state index is 5.67. The molecule has 0 aliphatic heterocycles. The van der Waals surface area contributed by atoms with Gasteiger partial charge in [-0.05, 0) is 45.9 Å². The molecule has 1 unspecified atom stereocenters. The van der Waals surface area contributed by atoms with Crippen molar-refractivity contribution in [1.82, 2.24) is 10.3 Å². The van der Waals surface area contributed by atoms with Crippen LogP contribution in [0.1, 0.15) is 35.0 Å². The SMILES string of the molecule is Cc1nc(C)c(C(C)NCCCOc2ccccc2)s1. The maximum absolute atomic E-state index is 5.67. The van der Waals surface area contributed by atoms with Gasteiger partial charge >= 0.3 is 0 Å². The molecular formula is C16H22N2OS. The molecule has 2 rings (SSSR count). The van der Waals surface area contributed by atoms with Gasteiger partial charge < -0.3 is 10.1 Å². The molecule has 0 amide bonds. The molecule has 0 radical (unpaired) electrons. The number of hydrogen-bond donors (Lipinski definition) is 1. The molecule has 1 heterocycles. The van der Waals surface area contributed by atoms with E-state index in [1.807, 2.05) is 30.3 Å². The minimum absolute atomic E-state index is 0.359. The number of nitrogens with zero attached hydrogens (tertiary/aromatic N) is 1. The summed E-state index contributed by atoms with van der Waals surface area (Å²) in [5.74, 6) is 0.939. The van der Waals surface area contributed by atoms with Gasteiger partial charge in [-0.2, -0.15) is 0 Å². The van der Waals surface area contributed by atoms with Gasteiger partial charge in [0.05, 0.1) is 17.3 Å². The summed E-state index contributed by atoms with van der Waals surface area (Å²) in [5.41, 5.74) is 1.15. The van der Waals surface area contributed by atoms with Crippen molar-refractivity contribution < 1.29 is 4.74 Å². The normalized spacial score (nSPS) is 12.3. The Labute approximate surface area is 125 Å². The number of thiazole rings is 1. The van der Waals surface area contributed by atoms with Crippen molar-refractivity contribution in [3.63, 3.8) is 0 Å². The standard InChI is InChI=1S/C16H22N2OS/c1-12(16-13(2)18-14(3)20-16)17-10-7-11-19-15-8-5-4-6-9-15/h4-6,8-9,12,17H,7,10-11H2,1-3H3. The predicted octanol–water partition coefficient (Wildman–Crippen LogP) is 3.88. The van der Waals surface area contributed by atoms with Gasteiger partial charge in [-0.25, -0.2) is 4.98 Å². The highest BCUT2D eigenvalue weighted by Gasteiger charge is 2.11. The molecule has 0 aliphatic rings. The van der Waals surface area contributed by atoms with Crippen molar-refractivity contribution in [2.75, 3.05) is 13.2 Å². The second-order valence-electron chi connectivity index (χ2n) is 4.87. The second kappa shape index (κ2) is 7.41.